The van der Waals surface area contributed by atoms with Crippen molar-refractivity contribution in [2.75, 3.05) is 20.3 Å². The highest BCUT2D eigenvalue weighted by Gasteiger charge is 2.28. The van der Waals surface area contributed by atoms with Crippen molar-refractivity contribution in [1.82, 2.24) is 14.7 Å². The Bertz CT molecular complexity index is 902. The standard InChI is InChI=1S/C21H23N3O3S/c1-26-19-15-24(16-7-3-2-4-8-16)22-20(19)21(25)23(13-17-9-5-11-27-17)14-18-10-6-12-28-18/h2-4,6-8,10,12,15,17H,5,9,11,13-14H2,1H3. The molecule has 1 saturated heterocycles. The monoisotopic (exact) mass is 397 g/mol. The molecule has 6 nitrogen and oxygen atoms in total. The number of nitrogens with zero attached hydrogens (tertiary/aromatic N) is 3. The van der Waals surface area contributed by atoms with Crippen LogP contribution in [0.1, 0.15) is 28.2 Å². The third kappa shape index (κ3) is 4.10. The zero-order valence-corrected chi connectivity index (χ0v) is 16.6. The Morgan fingerprint density at radius 3 is 2.86 bits per heavy atom. The van der Waals surface area contributed by atoms with Crippen LogP contribution in [0.25, 0.3) is 5.69 Å². The summed E-state index contributed by atoms with van der Waals surface area (Å²) in [6, 6.07) is 13.7. The summed E-state index contributed by atoms with van der Waals surface area (Å²) < 4.78 is 12.9. The van der Waals surface area contributed by atoms with E-state index in [9.17, 15) is 4.79 Å². The molecule has 3 aromatic rings. The quantitative estimate of drug-likeness (QED) is 0.609. The SMILES string of the molecule is COc1cn(-c2ccccc2)nc1C(=O)N(Cc1cccs1)CC1CCCO1. The van der Waals surface area contributed by atoms with Crippen LogP contribution in [0, 0.1) is 0 Å². The van der Waals surface area contributed by atoms with E-state index in [1.54, 1.807) is 29.3 Å². The topological polar surface area (TPSA) is 56.6 Å². The highest BCUT2D eigenvalue weighted by molar-refractivity contribution is 7.09. The molecule has 1 aliphatic rings. The maximum absolute atomic E-state index is 13.4. The largest absolute Gasteiger partial charge is 0.493 e. The fourth-order valence-corrected chi connectivity index (χ4v) is 4.08. The van der Waals surface area contributed by atoms with Crippen molar-refractivity contribution in [2.24, 2.45) is 0 Å². The van der Waals surface area contributed by atoms with E-state index >= 15 is 0 Å². The van der Waals surface area contributed by atoms with E-state index in [4.69, 9.17) is 9.47 Å². The summed E-state index contributed by atoms with van der Waals surface area (Å²) in [5, 5.41) is 6.56. The number of carbonyl (C=O) groups is 1. The number of hydrogen-bond donors (Lipinski definition) is 0. The molecule has 1 unspecified atom stereocenters. The molecular formula is C21H23N3O3S. The number of amides is 1. The van der Waals surface area contributed by atoms with Crippen LogP contribution in [0.3, 0.4) is 0 Å². The molecule has 0 saturated carbocycles. The maximum Gasteiger partial charge on any atom is 0.278 e. The number of hydrogen-bond acceptors (Lipinski definition) is 5. The predicted molar refractivity (Wildman–Crippen MR) is 108 cm³/mol. The highest BCUT2D eigenvalue weighted by atomic mass is 32.1. The summed E-state index contributed by atoms with van der Waals surface area (Å²) >= 11 is 1.64. The molecule has 146 valence electrons. The van der Waals surface area contributed by atoms with Crippen LogP contribution in [-0.2, 0) is 11.3 Å². The highest BCUT2D eigenvalue weighted by Crippen LogP contribution is 2.24. The van der Waals surface area contributed by atoms with Gasteiger partial charge in [0.25, 0.3) is 5.91 Å². The van der Waals surface area contributed by atoms with Gasteiger partial charge in [-0.3, -0.25) is 4.79 Å². The minimum absolute atomic E-state index is 0.0751. The van der Waals surface area contributed by atoms with Gasteiger partial charge in [0.15, 0.2) is 11.4 Å². The van der Waals surface area contributed by atoms with E-state index in [-0.39, 0.29) is 12.0 Å². The normalized spacial score (nSPS) is 16.2. The fourth-order valence-electron chi connectivity index (χ4n) is 3.36. The third-order valence-corrected chi connectivity index (χ3v) is 5.65. The summed E-state index contributed by atoms with van der Waals surface area (Å²) in [5.41, 5.74) is 1.20. The Labute approximate surface area is 168 Å². The number of benzene rings is 1. The predicted octanol–water partition coefficient (Wildman–Crippen LogP) is 3.76. The minimum Gasteiger partial charge on any atom is -0.493 e. The molecule has 0 radical (unpaired) electrons. The van der Waals surface area contributed by atoms with E-state index in [1.807, 2.05) is 52.7 Å². The molecular weight excluding hydrogens is 374 g/mol. The summed E-state index contributed by atoms with van der Waals surface area (Å²) in [5.74, 6) is 0.327. The molecule has 1 atom stereocenters. The number of ether oxygens (including phenoxy) is 2. The van der Waals surface area contributed by atoms with Crippen molar-refractivity contribution in [1.29, 1.82) is 0 Å². The first-order valence-corrected chi connectivity index (χ1v) is 10.2. The second-order valence-electron chi connectivity index (χ2n) is 6.73. The molecule has 7 heteroatoms. The molecule has 1 aliphatic heterocycles. The zero-order chi connectivity index (χ0) is 19.3. The smallest absolute Gasteiger partial charge is 0.278 e. The maximum atomic E-state index is 13.4. The van der Waals surface area contributed by atoms with Gasteiger partial charge in [-0.1, -0.05) is 24.3 Å². The number of para-hydroxylation sites is 1. The molecule has 4 rings (SSSR count). The molecule has 0 spiro atoms. The van der Waals surface area contributed by atoms with Crippen LogP contribution >= 0.6 is 11.3 Å². The van der Waals surface area contributed by atoms with E-state index in [0.717, 1.165) is 30.0 Å². The molecule has 1 amide bonds. The van der Waals surface area contributed by atoms with Crippen molar-refractivity contribution in [2.45, 2.75) is 25.5 Å². The first kappa shape index (κ1) is 18.7. The van der Waals surface area contributed by atoms with E-state index in [2.05, 4.69) is 5.10 Å². The number of carbonyl (C=O) groups excluding carboxylic acids is 1. The van der Waals surface area contributed by atoms with Crippen molar-refractivity contribution < 1.29 is 14.3 Å². The fraction of sp³-hybridized carbons (Fsp3) is 0.333. The van der Waals surface area contributed by atoms with Gasteiger partial charge in [-0.05, 0) is 36.4 Å². The van der Waals surface area contributed by atoms with Gasteiger partial charge < -0.3 is 14.4 Å². The lowest BCUT2D eigenvalue weighted by Crippen LogP contribution is -2.37. The number of rotatable bonds is 7. The van der Waals surface area contributed by atoms with Crippen LogP contribution in [-0.4, -0.2) is 47.0 Å². The van der Waals surface area contributed by atoms with Gasteiger partial charge >= 0.3 is 0 Å². The van der Waals surface area contributed by atoms with Crippen LogP contribution in [0.15, 0.2) is 54.0 Å². The molecule has 28 heavy (non-hydrogen) atoms. The zero-order valence-electron chi connectivity index (χ0n) is 15.8. The Kier molecular flexibility index (Phi) is 5.73. The first-order valence-electron chi connectivity index (χ1n) is 9.37. The van der Waals surface area contributed by atoms with Crippen molar-refractivity contribution >= 4 is 17.2 Å². The minimum atomic E-state index is -0.143. The lowest BCUT2D eigenvalue weighted by Gasteiger charge is -2.24. The van der Waals surface area contributed by atoms with Crippen LogP contribution < -0.4 is 4.74 Å². The van der Waals surface area contributed by atoms with Gasteiger partial charge in [0.1, 0.15) is 0 Å². The summed E-state index contributed by atoms with van der Waals surface area (Å²) in [6.45, 7) is 1.85. The van der Waals surface area contributed by atoms with E-state index in [0.29, 0.717) is 24.5 Å². The van der Waals surface area contributed by atoms with E-state index in [1.165, 1.54) is 0 Å². The molecule has 0 N–H and O–H groups in total. The van der Waals surface area contributed by atoms with Crippen LogP contribution in [0.5, 0.6) is 5.75 Å². The van der Waals surface area contributed by atoms with Gasteiger partial charge in [-0.2, -0.15) is 5.10 Å². The first-order chi connectivity index (χ1) is 13.7. The molecule has 0 bridgehead atoms. The third-order valence-electron chi connectivity index (χ3n) is 4.79. The van der Waals surface area contributed by atoms with Gasteiger partial charge in [-0.15, -0.1) is 11.3 Å². The van der Waals surface area contributed by atoms with Gasteiger partial charge in [0.05, 0.1) is 31.6 Å². The van der Waals surface area contributed by atoms with Crippen LogP contribution in [0.2, 0.25) is 0 Å². The van der Waals surface area contributed by atoms with Gasteiger partial charge in [-0.25, -0.2) is 4.68 Å². The van der Waals surface area contributed by atoms with Gasteiger partial charge in [0.2, 0.25) is 0 Å². The number of methoxy groups -OCH3 is 1. The Hall–Kier alpha value is -2.64. The van der Waals surface area contributed by atoms with Gasteiger partial charge in [0, 0.05) is 18.0 Å². The second kappa shape index (κ2) is 8.58. The Morgan fingerprint density at radius 2 is 2.18 bits per heavy atom. The summed E-state index contributed by atoms with van der Waals surface area (Å²) in [4.78, 5) is 16.4. The average Bonchev–Trinajstić information content (AvgIpc) is 3.49. The second-order valence-corrected chi connectivity index (χ2v) is 7.76. The molecule has 2 aromatic heterocycles. The van der Waals surface area contributed by atoms with Crippen LogP contribution in [0.4, 0.5) is 0 Å². The van der Waals surface area contributed by atoms with Crippen molar-refractivity contribution in [3.8, 4) is 11.4 Å². The summed E-state index contributed by atoms with van der Waals surface area (Å²) in [7, 11) is 1.56. The molecule has 0 aliphatic carbocycles. The lowest BCUT2D eigenvalue weighted by molar-refractivity contribution is 0.0502. The number of thiophene rings is 1. The summed E-state index contributed by atoms with van der Waals surface area (Å²) in [6.07, 6.45) is 3.84. The van der Waals surface area contributed by atoms with E-state index < -0.39 is 0 Å². The Balaban J connectivity index is 1.62. The molecule has 1 fully saturated rings. The average molecular weight is 398 g/mol. The van der Waals surface area contributed by atoms with Crippen molar-refractivity contribution in [3.63, 3.8) is 0 Å². The lowest BCUT2D eigenvalue weighted by atomic mass is 10.2. The molecule has 3 heterocycles. The Morgan fingerprint density at radius 1 is 1.32 bits per heavy atom. The molecule has 1 aromatic carbocycles. The van der Waals surface area contributed by atoms with Crippen molar-refractivity contribution in [3.05, 3.63) is 64.6 Å². The number of aromatic nitrogens is 2.